The molecule has 0 radical (unpaired) electrons. The van der Waals surface area contributed by atoms with Crippen molar-refractivity contribution in [2.45, 2.75) is 6.18 Å². The van der Waals surface area contributed by atoms with E-state index in [1.54, 1.807) is 6.07 Å². The summed E-state index contributed by atoms with van der Waals surface area (Å²) in [6, 6.07) is 3.74. The van der Waals surface area contributed by atoms with Crippen LogP contribution in [0.3, 0.4) is 0 Å². The standard InChI is InChI=1S/C11H7ClF3N3/c12-10-9(16)7(3-4-17-10)6-1-2-8(18-5-6)11(13,14)15/h1-5H,16H2. The highest BCUT2D eigenvalue weighted by Crippen LogP contribution is 2.32. The number of nitrogen functional groups attached to an aromatic ring is 1. The first-order chi connectivity index (χ1) is 8.39. The molecule has 2 heterocycles. The Morgan fingerprint density at radius 3 is 2.39 bits per heavy atom. The zero-order chi connectivity index (χ0) is 13.3. The van der Waals surface area contributed by atoms with E-state index in [4.69, 9.17) is 17.3 Å². The summed E-state index contributed by atoms with van der Waals surface area (Å²) in [5.41, 5.74) is 5.89. The maximum Gasteiger partial charge on any atom is 0.433 e. The molecule has 0 aliphatic heterocycles. The molecule has 7 heteroatoms. The second kappa shape index (κ2) is 4.45. The Hall–Kier alpha value is -1.82. The Kier molecular flexibility index (Phi) is 3.13. The van der Waals surface area contributed by atoms with Crippen LogP contribution in [0.4, 0.5) is 18.9 Å². The van der Waals surface area contributed by atoms with E-state index in [9.17, 15) is 13.2 Å². The molecular weight excluding hydrogens is 267 g/mol. The first-order valence-corrected chi connectivity index (χ1v) is 5.21. The van der Waals surface area contributed by atoms with Crippen LogP contribution >= 0.6 is 11.6 Å². The number of alkyl halides is 3. The van der Waals surface area contributed by atoms with Gasteiger partial charge in [0.2, 0.25) is 0 Å². The largest absolute Gasteiger partial charge is 0.433 e. The molecule has 0 saturated carbocycles. The van der Waals surface area contributed by atoms with Gasteiger partial charge in [0.05, 0.1) is 5.69 Å². The molecule has 3 nitrogen and oxygen atoms in total. The van der Waals surface area contributed by atoms with Gasteiger partial charge in [-0.1, -0.05) is 17.7 Å². The fraction of sp³-hybridized carbons (Fsp3) is 0.0909. The van der Waals surface area contributed by atoms with Gasteiger partial charge in [0.15, 0.2) is 5.15 Å². The Bertz CT molecular complexity index is 567. The number of hydrogen-bond acceptors (Lipinski definition) is 3. The van der Waals surface area contributed by atoms with Crippen molar-refractivity contribution in [3.05, 3.63) is 41.4 Å². The second-order valence-corrected chi connectivity index (χ2v) is 3.85. The number of pyridine rings is 2. The maximum atomic E-state index is 12.3. The van der Waals surface area contributed by atoms with Crippen molar-refractivity contribution in [3.8, 4) is 11.1 Å². The predicted molar refractivity (Wildman–Crippen MR) is 61.9 cm³/mol. The van der Waals surface area contributed by atoms with Gasteiger partial charge in [-0.25, -0.2) is 4.98 Å². The van der Waals surface area contributed by atoms with Gasteiger partial charge in [0.1, 0.15) is 5.69 Å². The molecule has 0 aromatic carbocycles. The lowest BCUT2D eigenvalue weighted by Crippen LogP contribution is -2.07. The fourth-order valence-corrected chi connectivity index (χ4v) is 1.58. The van der Waals surface area contributed by atoms with E-state index in [1.807, 2.05) is 0 Å². The van der Waals surface area contributed by atoms with Crippen molar-refractivity contribution in [1.29, 1.82) is 0 Å². The molecule has 0 fully saturated rings. The molecule has 2 N–H and O–H groups in total. The highest BCUT2D eigenvalue weighted by Gasteiger charge is 2.32. The van der Waals surface area contributed by atoms with Crippen molar-refractivity contribution in [2.24, 2.45) is 0 Å². The fourth-order valence-electron chi connectivity index (χ4n) is 1.42. The van der Waals surface area contributed by atoms with Crippen molar-refractivity contribution < 1.29 is 13.2 Å². The highest BCUT2D eigenvalue weighted by atomic mass is 35.5. The molecule has 0 atom stereocenters. The van der Waals surface area contributed by atoms with Crippen LogP contribution in [0.25, 0.3) is 11.1 Å². The highest BCUT2D eigenvalue weighted by molar-refractivity contribution is 6.32. The molecule has 0 saturated heterocycles. The third-order valence-corrected chi connectivity index (χ3v) is 2.61. The van der Waals surface area contributed by atoms with Gasteiger partial charge >= 0.3 is 6.18 Å². The summed E-state index contributed by atoms with van der Waals surface area (Å²) in [5.74, 6) is 0. The van der Waals surface area contributed by atoms with E-state index in [0.717, 1.165) is 12.3 Å². The summed E-state index contributed by atoms with van der Waals surface area (Å²) in [6.45, 7) is 0. The summed E-state index contributed by atoms with van der Waals surface area (Å²) >= 11 is 5.73. The van der Waals surface area contributed by atoms with Crippen molar-refractivity contribution >= 4 is 17.3 Å². The van der Waals surface area contributed by atoms with Gasteiger partial charge in [0, 0.05) is 23.5 Å². The molecular formula is C11H7ClF3N3. The summed E-state index contributed by atoms with van der Waals surface area (Å²) in [5, 5.41) is 0.104. The molecule has 2 aromatic rings. The number of halogens is 4. The SMILES string of the molecule is Nc1c(-c2ccc(C(F)(F)F)nc2)ccnc1Cl. The van der Waals surface area contributed by atoms with E-state index >= 15 is 0 Å². The molecule has 0 amide bonds. The summed E-state index contributed by atoms with van der Waals surface area (Å²) in [7, 11) is 0. The van der Waals surface area contributed by atoms with Gasteiger partial charge in [-0.3, -0.25) is 4.98 Å². The lowest BCUT2D eigenvalue weighted by atomic mass is 10.1. The molecule has 18 heavy (non-hydrogen) atoms. The minimum absolute atomic E-state index is 0.104. The quantitative estimate of drug-likeness (QED) is 0.810. The third kappa shape index (κ3) is 2.38. The van der Waals surface area contributed by atoms with Crippen LogP contribution < -0.4 is 5.73 Å². The Labute approximate surface area is 105 Å². The van der Waals surface area contributed by atoms with Gasteiger partial charge in [-0.05, 0) is 12.1 Å². The van der Waals surface area contributed by atoms with Crippen LogP contribution in [-0.4, -0.2) is 9.97 Å². The van der Waals surface area contributed by atoms with E-state index in [0.29, 0.717) is 11.1 Å². The van der Waals surface area contributed by atoms with Crippen molar-refractivity contribution in [2.75, 3.05) is 5.73 Å². The normalized spacial score (nSPS) is 11.6. The first-order valence-electron chi connectivity index (χ1n) is 4.83. The molecule has 0 spiro atoms. The Morgan fingerprint density at radius 2 is 1.83 bits per heavy atom. The average Bonchev–Trinajstić information content (AvgIpc) is 2.32. The third-order valence-electron chi connectivity index (χ3n) is 2.31. The van der Waals surface area contributed by atoms with Crippen LogP contribution in [0, 0.1) is 0 Å². The van der Waals surface area contributed by atoms with Gasteiger partial charge < -0.3 is 5.73 Å². The molecule has 0 bridgehead atoms. The number of hydrogen-bond donors (Lipinski definition) is 1. The minimum Gasteiger partial charge on any atom is -0.396 e. The smallest absolute Gasteiger partial charge is 0.396 e. The molecule has 2 aromatic heterocycles. The lowest BCUT2D eigenvalue weighted by molar-refractivity contribution is -0.141. The van der Waals surface area contributed by atoms with Crippen LogP contribution in [0.2, 0.25) is 5.15 Å². The molecule has 0 unspecified atom stereocenters. The summed E-state index contributed by atoms with van der Waals surface area (Å²) in [6.07, 6.45) is -1.93. The first kappa shape index (κ1) is 12.6. The van der Waals surface area contributed by atoms with Crippen LogP contribution in [0.15, 0.2) is 30.6 Å². The Morgan fingerprint density at radius 1 is 1.11 bits per heavy atom. The van der Waals surface area contributed by atoms with Crippen molar-refractivity contribution in [3.63, 3.8) is 0 Å². The molecule has 0 aliphatic carbocycles. The zero-order valence-corrected chi connectivity index (χ0v) is 9.63. The van der Waals surface area contributed by atoms with Crippen LogP contribution in [0.5, 0.6) is 0 Å². The minimum atomic E-state index is -4.46. The maximum absolute atomic E-state index is 12.3. The number of anilines is 1. The topological polar surface area (TPSA) is 51.8 Å². The monoisotopic (exact) mass is 273 g/mol. The van der Waals surface area contributed by atoms with Gasteiger partial charge in [-0.15, -0.1) is 0 Å². The van der Waals surface area contributed by atoms with Gasteiger partial charge in [-0.2, -0.15) is 13.2 Å². The van der Waals surface area contributed by atoms with Gasteiger partial charge in [0.25, 0.3) is 0 Å². The number of aromatic nitrogens is 2. The van der Waals surface area contributed by atoms with E-state index in [1.165, 1.54) is 12.3 Å². The average molecular weight is 274 g/mol. The number of rotatable bonds is 1. The van der Waals surface area contributed by atoms with E-state index in [-0.39, 0.29) is 10.8 Å². The number of nitrogens with two attached hydrogens (primary N) is 1. The molecule has 0 aliphatic rings. The van der Waals surface area contributed by atoms with Crippen LogP contribution in [-0.2, 0) is 6.18 Å². The van der Waals surface area contributed by atoms with E-state index in [2.05, 4.69) is 9.97 Å². The predicted octanol–water partition coefficient (Wildman–Crippen LogP) is 3.40. The van der Waals surface area contributed by atoms with E-state index < -0.39 is 11.9 Å². The van der Waals surface area contributed by atoms with Crippen LogP contribution in [0.1, 0.15) is 5.69 Å². The summed E-state index contributed by atoms with van der Waals surface area (Å²) < 4.78 is 37.0. The molecule has 94 valence electrons. The zero-order valence-electron chi connectivity index (χ0n) is 8.87. The van der Waals surface area contributed by atoms with Crippen molar-refractivity contribution in [1.82, 2.24) is 9.97 Å². The molecule has 2 rings (SSSR count). The number of nitrogens with zero attached hydrogens (tertiary/aromatic N) is 2. The lowest BCUT2D eigenvalue weighted by Gasteiger charge is -2.08. The Balaban J connectivity index is 2.44. The second-order valence-electron chi connectivity index (χ2n) is 3.49. The summed E-state index contributed by atoms with van der Waals surface area (Å²) in [4.78, 5) is 7.11.